The number of carboxylic acids is 2. The molecule has 0 saturated heterocycles. The number of hydrogen-bond donors (Lipinski definition) is 3. The number of hydrogen-bond acceptors (Lipinski definition) is 11. The number of carboxylic acid groups (broad SMARTS) is 2. The number of ether oxygens (including phenoxy) is 5. The summed E-state index contributed by atoms with van der Waals surface area (Å²) in [7, 11) is 0. The van der Waals surface area contributed by atoms with Crippen molar-refractivity contribution >= 4 is 35.3 Å². The monoisotopic (exact) mass is 931 g/mol. The third-order valence-corrected chi connectivity index (χ3v) is 11.6. The van der Waals surface area contributed by atoms with E-state index in [0.717, 1.165) is 36.9 Å². The van der Waals surface area contributed by atoms with Gasteiger partial charge >= 0.3 is 23.9 Å². The average Bonchev–Trinajstić information content (AvgIpc) is 3.29. The van der Waals surface area contributed by atoms with E-state index in [4.69, 9.17) is 29.4 Å². The Bertz CT molecular complexity index is 1450. The first kappa shape index (κ1) is 60.1. The normalized spacial score (nSPS) is 12.5. The zero-order valence-corrected chi connectivity index (χ0v) is 41.3. The van der Waals surface area contributed by atoms with E-state index in [1.54, 1.807) is 0 Å². The lowest BCUT2D eigenvalue weighted by molar-refractivity contribution is -0.152. The van der Waals surface area contributed by atoms with Crippen molar-refractivity contribution in [3.8, 4) is 0 Å². The smallest absolute Gasteiger partial charge is 0.307 e. The average molecular weight is 931 g/mol. The molecule has 0 spiro atoms. The SMILES string of the molecule is CCCCCCCCC/C=C/CC(CC(=O)OCCOCCOCCN(CCOCCOC(=O)CC(C/C=C/CCCCCCCCCCCCC)C(=O)O)c1ccc(N)c(C)c1)C(=O)O. The fourth-order valence-corrected chi connectivity index (χ4v) is 7.39. The Morgan fingerprint density at radius 2 is 0.924 bits per heavy atom. The van der Waals surface area contributed by atoms with E-state index in [1.165, 1.54) is 103 Å². The first-order chi connectivity index (χ1) is 32.1. The maximum atomic E-state index is 12.5. The van der Waals surface area contributed by atoms with E-state index in [2.05, 4.69) is 18.7 Å². The lowest BCUT2D eigenvalue weighted by Crippen LogP contribution is -2.31. The first-order valence-electron chi connectivity index (χ1n) is 25.5. The van der Waals surface area contributed by atoms with Gasteiger partial charge in [-0.05, 0) is 69.2 Å². The summed E-state index contributed by atoms with van der Waals surface area (Å²) in [5.41, 5.74) is 8.66. The molecule has 2 unspecified atom stereocenters. The van der Waals surface area contributed by atoms with E-state index in [1.807, 2.05) is 49.4 Å². The molecule has 0 amide bonds. The van der Waals surface area contributed by atoms with Gasteiger partial charge in [-0.1, -0.05) is 141 Å². The molecule has 13 nitrogen and oxygen atoms in total. The van der Waals surface area contributed by atoms with Gasteiger partial charge in [-0.25, -0.2) is 0 Å². The Morgan fingerprint density at radius 1 is 0.545 bits per heavy atom. The summed E-state index contributed by atoms with van der Waals surface area (Å²) in [4.78, 5) is 50.3. The van der Waals surface area contributed by atoms with Crippen molar-refractivity contribution in [2.75, 3.05) is 76.6 Å². The molecule has 0 heterocycles. The molecule has 378 valence electrons. The van der Waals surface area contributed by atoms with Crippen LogP contribution in [0.15, 0.2) is 42.5 Å². The van der Waals surface area contributed by atoms with Gasteiger partial charge in [0.1, 0.15) is 13.2 Å². The predicted octanol–water partition coefficient (Wildman–Crippen LogP) is 11.4. The minimum absolute atomic E-state index is 0.0305. The molecule has 66 heavy (non-hydrogen) atoms. The quantitative estimate of drug-likeness (QED) is 0.0243. The summed E-state index contributed by atoms with van der Waals surface area (Å²) in [5, 5.41) is 19.2. The van der Waals surface area contributed by atoms with E-state index in [0.29, 0.717) is 58.0 Å². The molecule has 0 bridgehead atoms. The Morgan fingerprint density at radius 3 is 1.32 bits per heavy atom. The van der Waals surface area contributed by atoms with Gasteiger partial charge in [-0.15, -0.1) is 0 Å². The number of benzene rings is 1. The zero-order chi connectivity index (χ0) is 48.3. The molecule has 4 N–H and O–H groups in total. The molecule has 1 aromatic carbocycles. The van der Waals surface area contributed by atoms with Crippen LogP contribution in [0.5, 0.6) is 0 Å². The van der Waals surface area contributed by atoms with Crippen LogP contribution < -0.4 is 10.6 Å². The second kappa shape index (κ2) is 42.4. The Balaban J connectivity index is 2.27. The molecule has 13 heteroatoms. The van der Waals surface area contributed by atoms with Gasteiger partial charge in [0, 0.05) is 24.5 Å². The largest absolute Gasteiger partial charge is 0.481 e. The number of rotatable bonds is 46. The van der Waals surface area contributed by atoms with Crippen LogP contribution in [0.3, 0.4) is 0 Å². The third kappa shape index (κ3) is 34.4. The number of nitrogen functional groups attached to an aromatic ring is 1. The number of nitrogens with two attached hydrogens (primary N) is 1. The fraction of sp³-hybridized carbons (Fsp3) is 0.736. The molecule has 1 rings (SSSR count). The maximum Gasteiger partial charge on any atom is 0.307 e. The number of allylic oxidation sites excluding steroid dienone is 4. The minimum Gasteiger partial charge on any atom is -0.481 e. The summed E-state index contributed by atoms with van der Waals surface area (Å²) in [6.45, 7) is 9.29. The second-order valence-electron chi connectivity index (χ2n) is 17.4. The van der Waals surface area contributed by atoms with E-state index < -0.39 is 35.7 Å². The van der Waals surface area contributed by atoms with Crippen LogP contribution in [0, 0.1) is 18.8 Å². The summed E-state index contributed by atoms with van der Waals surface area (Å²) >= 11 is 0. The second-order valence-corrected chi connectivity index (χ2v) is 17.4. The topological polar surface area (TPSA) is 184 Å². The van der Waals surface area contributed by atoms with Crippen LogP contribution in [0.4, 0.5) is 11.4 Å². The summed E-state index contributed by atoms with van der Waals surface area (Å²) in [6, 6.07) is 5.80. The first-order valence-corrected chi connectivity index (χ1v) is 25.5. The van der Waals surface area contributed by atoms with Gasteiger partial charge in [-0.2, -0.15) is 0 Å². The van der Waals surface area contributed by atoms with Crippen molar-refractivity contribution < 1.29 is 53.1 Å². The molecule has 0 aliphatic heterocycles. The van der Waals surface area contributed by atoms with E-state index >= 15 is 0 Å². The van der Waals surface area contributed by atoms with E-state index in [-0.39, 0.29) is 39.3 Å². The van der Waals surface area contributed by atoms with Gasteiger partial charge in [0.25, 0.3) is 0 Å². The Labute approximate surface area is 398 Å². The number of aryl methyl sites for hydroxylation is 1. The summed E-state index contributed by atoms with van der Waals surface area (Å²) < 4.78 is 27.7. The predicted molar refractivity (Wildman–Crippen MR) is 265 cm³/mol. The summed E-state index contributed by atoms with van der Waals surface area (Å²) in [5.74, 6) is -4.77. The minimum atomic E-state index is -1.01. The van der Waals surface area contributed by atoms with Crippen molar-refractivity contribution in [3.63, 3.8) is 0 Å². The Kier molecular flexibility index (Phi) is 38.6. The highest BCUT2D eigenvalue weighted by molar-refractivity contribution is 5.79. The zero-order valence-electron chi connectivity index (χ0n) is 41.3. The molecular weight excluding hydrogens is 841 g/mol. The number of esters is 2. The lowest BCUT2D eigenvalue weighted by Gasteiger charge is -2.25. The van der Waals surface area contributed by atoms with Gasteiger partial charge in [-0.3, -0.25) is 19.2 Å². The van der Waals surface area contributed by atoms with Crippen molar-refractivity contribution in [3.05, 3.63) is 48.1 Å². The standard InChI is InChI=1S/C53H90N2O11/c1-4-6-8-10-12-14-16-17-18-19-21-23-25-27-28-46(52(58)59)43-50(56)65-40-38-63-35-33-55(48-30-31-49(54)45(3)42-48)32-34-62-36-37-64-39-41-66-51(57)44-47(53(60)61)29-26-24-22-20-15-13-11-9-7-5-2/h24-27,30-31,42,46-47H,4-23,28-29,32-41,43-44,54H2,1-3H3,(H,58,59)(H,60,61)/b26-24+,27-25+. The highest BCUT2D eigenvalue weighted by Crippen LogP contribution is 2.21. The maximum absolute atomic E-state index is 12.5. The molecule has 0 radical (unpaired) electrons. The molecule has 0 saturated carbocycles. The van der Waals surface area contributed by atoms with Crippen LogP contribution >= 0.6 is 0 Å². The molecule has 0 aliphatic carbocycles. The van der Waals surface area contributed by atoms with Crippen LogP contribution in [-0.2, 0) is 42.9 Å². The van der Waals surface area contributed by atoms with Crippen LogP contribution in [-0.4, -0.2) is 100 Å². The van der Waals surface area contributed by atoms with Crippen molar-refractivity contribution in [2.24, 2.45) is 11.8 Å². The molecular formula is C53H90N2O11. The molecule has 0 aliphatic rings. The third-order valence-electron chi connectivity index (χ3n) is 11.6. The van der Waals surface area contributed by atoms with Gasteiger partial charge < -0.3 is 44.5 Å². The van der Waals surface area contributed by atoms with Crippen molar-refractivity contribution in [1.82, 2.24) is 0 Å². The highest BCUT2D eigenvalue weighted by Gasteiger charge is 2.22. The molecule has 2 atom stereocenters. The summed E-state index contributed by atoms with van der Waals surface area (Å²) in [6.07, 6.45) is 32.6. The number of carbonyl (C=O) groups excluding carboxylic acids is 2. The number of anilines is 2. The molecule has 0 fully saturated rings. The van der Waals surface area contributed by atoms with E-state index in [9.17, 15) is 29.4 Å². The van der Waals surface area contributed by atoms with Gasteiger partial charge in [0.15, 0.2) is 0 Å². The molecule has 1 aromatic rings. The Hall–Kier alpha value is -3.94. The van der Waals surface area contributed by atoms with Crippen molar-refractivity contribution in [2.45, 2.75) is 175 Å². The lowest BCUT2D eigenvalue weighted by atomic mass is 10.0. The molecule has 0 aromatic heterocycles. The van der Waals surface area contributed by atoms with Gasteiger partial charge in [0.2, 0.25) is 0 Å². The fourth-order valence-electron chi connectivity index (χ4n) is 7.39. The van der Waals surface area contributed by atoms with Crippen LogP contribution in [0.2, 0.25) is 0 Å². The van der Waals surface area contributed by atoms with Crippen molar-refractivity contribution in [1.29, 1.82) is 0 Å². The number of aliphatic carboxylic acids is 2. The number of nitrogens with zero attached hydrogens (tertiary/aromatic N) is 1. The van der Waals surface area contributed by atoms with Crippen LogP contribution in [0.1, 0.15) is 174 Å². The number of unbranched alkanes of at least 4 members (excludes halogenated alkanes) is 18. The number of carbonyl (C=O) groups is 4. The van der Waals surface area contributed by atoms with Gasteiger partial charge in [0.05, 0.1) is 64.3 Å². The van der Waals surface area contributed by atoms with Crippen LogP contribution in [0.25, 0.3) is 0 Å². The highest BCUT2D eigenvalue weighted by atomic mass is 16.6.